The number of hydrogen-bond acceptors (Lipinski definition) is 5. The lowest BCUT2D eigenvalue weighted by Gasteiger charge is -2.24. The van der Waals surface area contributed by atoms with Gasteiger partial charge >= 0.3 is 0 Å². The van der Waals surface area contributed by atoms with Gasteiger partial charge in [-0.1, -0.05) is 18.0 Å². The maximum absolute atomic E-state index is 5.57. The van der Waals surface area contributed by atoms with Crippen molar-refractivity contribution in [3.05, 3.63) is 29.7 Å². The second-order valence-electron chi connectivity index (χ2n) is 6.36. The molecule has 0 spiro atoms. The van der Waals surface area contributed by atoms with Gasteiger partial charge in [-0.05, 0) is 26.2 Å². The van der Waals surface area contributed by atoms with Gasteiger partial charge in [-0.15, -0.1) is 0 Å². The van der Waals surface area contributed by atoms with E-state index in [-0.39, 0.29) is 11.3 Å². The number of nitrogens with zero attached hydrogens (tertiary/aromatic N) is 4. The van der Waals surface area contributed by atoms with Crippen molar-refractivity contribution in [1.29, 1.82) is 0 Å². The summed E-state index contributed by atoms with van der Waals surface area (Å²) in [6.45, 7) is 2.81. The summed E-state index contributed by atoms with van der Waals surface area (Å²) in [5.41, 5.74) is 1.13. The Balaban J connectivity index is 1.82. The van der Waals surface area contributed by atoms with Crippen LogP contribution < -0.4 is 0 Å². The fourth-order valence-electron chi connectivity index (χ4n) is 3.37. The van der Waals surface area contributed by atoms with E-state index in [9.17, 15) is 0 Å². The Morgan fingerprint density at radius 1 is 1.41 bits per heavy atom. The highest BCUT2D eigenvalue weighted by Gasteiger charge is 2.40. The molecule has 3 rings (SSSR count). The lowest BCUT2D eigenvalue weighted by molar-refractivity contribution is 0.163. The molecule has 0 N–H and O–H groups in total. The zero-order valence-electron chi connectivity index (χ0n) is 13.6. The zero-order chi connectivity index (χ0) is 15.6. The molecule has 6 heteroatoms. The Morgan fingerprint density at radius 3 is 2.82 bits per heavy atom. The average Bonchev–Trinajstić information content (AvgIpc) is 3.24. The van der Waals surface area contributed by atoms with Crippen molar-refractivity contribution in [3.63, 3.8) is 0 Å². The van der Waals surface area contributed by atoms with Gasteiger partial charge in [0.25, 0.3) is 0 Å². The van der Waals surface area contributed by atoms with Gasteiger partial charge in [-0.3, -0.25) is 4.68 Å². The zero-order valence-corrected chi connectivity index (χ0v) is 13.6. The van der Waals surface area contributed by atoms with E-state index in [1.807, 2.05) is 19.4 Å². The van der Waals surface area contributed by atoms with Gasteiger partial charge < -0.3 is 9.26 Å². The maximum atomic E-state index is 5.57. The first kappa shape index (κ1) is 15.2. The molecule has 1 aliphatic rings. The number of aromatic nitrogens is 4. The molecule has 2 heterocycles. The van der Waals surface area contributed by atoms with Gasteiger partial charge in [0, 0.05) is 37.9 Å². The highest BCUT2D eigenvalue weighted by atomic mass is 16.5. The van der Waals surface area contributed by atoms with Crippen LogP contribution in [0.2, 0.25) is 0 Å². The van der Waals surface area contributed by atoms with Crippen LogP contribution in [0.15, 0.2) is 16.9 Å². The van der Waals surface area contributed by atoms with Crippen LogP contribution in [0.1, 0.15) is 62.2 Å². The van der Waals surface area contributed by atoms with Crippen molar-refractivity contribution in [1.82, 2.24) is 19.9 Å². The molecule has 1 fully saturated rings. The van der Waals surface area contributed by atoms with E-state index in [2.05, 4.69) is 17.2 Å². The fraction of sp³-hybridized carbons (Fsp3) is 0.688. The number of methoxy groups -OCH3 is 1. The Hall–Kier alpha value is -1.69. The third-order valence-corrected chi connectivity index (χ3v) is 4.86. The molecule has 0 unspecified atom stereocenters. The molecule has 0 radical (unpaired) electrons. The Kier molecular flexibility index (Phi) is 4.29. The molecular weight excluding hydrogens is 280 g/mol. The molecule has 2 aromatic heterocycles. The summed E-state index contributed by atoms with van der Waals surface area (Å²) in [7, 11) is 3.66. The number of ether oxygens (including phenoxy) is 1. The quantitative estimate of drug-likeness (QED) is 0.821. The standard InChI is InChI=1S/C16H24N4O2/c1-12(13-10-17-20(2)11-13)14-18-15(19-22-14)16(8-9-21-3)6-4-5-7-16/h10-12H,4-9H2,1-3H3/t12-/m0/s1. The number of rotatable bonds is 6. The molecule has 1 atom stereocenters. The molecular formula is C16H24N4O2. The van der Waals surface area contributed by atoms with Crippen molar-refractivity contribution >= 4 is 0 Å². The smallest absolute Gasteiger partial charge is 0.234 e. The summed E-state index contributed by atoms with van der Waals surface area (Å²) in [5.74, 6) is 1.59. The first-order chi connectivity index (χ1) is 10.6. The first-order valence-electron chi connectivity index (χ1n) is 7.96. The summed E-state index contributed by atoms with van der Waals surface area (Å²) in [6.07, 6.45) is 9.50. The third-order valence-electron chi connectivity index (χ3n) is 4.86. The van der Waals surface area contributed by atoms with Crippen LogP contribution >= 0.6 is 0 Å². The van der Waals surface area contributed by atoms with E-state index in [1.165, 1.54) is 12.8 Å². The second kappa shape index (κ2) is 6.20. The van der Waals surface area contributed by atoms with Gasteiger partial charge in [0.05, 0.1) is 12.1 Å². The van der Waals surface area contributed by atoms with E-state index in [1.54, 1.807) is 11.8 Å². The lowest BCUT2D eigenvalue weighted by atomic mass is 9.82. The predicted octanol–water partition coefficient (Wildman–Crippen LogP) is 2.80. The minimum absolute atomic E-state index is 0.0341. The maximum Gasteiger partial charge on any atom is 0.234 e. The second-order valence-corrected chi connectivity index (χ2v) is 6.36. The summed E-state index contributed by atoms with van der Waals surface area (Å²) in [5, 5.41) is 8.52. The molecule has 22 heavy (non-hydrogen) atoms. The highest BCUT2D eigenvalue weighted by Crippen LogP contribution is 2.42. The SMILES string of the molecule is COCCC1(c2noc([C@@H](C)c3cnn(C)c3)n2)CCCC1. The van der Waals surface area contributed by atoms with E-state index >= 15 is 0 Å². The summed E-state index contributed by atoms with van der Waals surface area (Å²) >= 11 is 0. The summed E-state index contributed by atoms with van der Waals surface area (Å²) < 4.78 is 12.6. The van der Waals surface area contributed by atoms with Crippen molar-refractivity contribution < 1.29 is 9.26 Å². The van der Waals surface area contributed by atoms with Gasteiger partial charge in [-0.25, -0.2) is 0 Å². The topological polar surface area (TPSA) is 66.0 Å². The average molecular weight is 304 g/mol. The van der Waals surface area contributed by atoms with Gasteiger partial charge in [0.15, 0.2) is 5.82 Å². The first-order valence-corrected chi connectivity index (χ1v) is 7.96. The third kappa shape index (κ3) is 2.79. The molecule has 2 aromatic rings. The molecule has 6 nitrogen and oxygen atoms in total. The highest BCUT2D eigenvalue weighted by molar-refractivity contribution is 5.19. The van der Waals surface area contributed by atoms with Gasteiger partial charge in [0.1, 0.15) is 0 Å². The van der Waals surface area contributed by atoms with Crippen LogP contribution in [0.25, 0.3) is 0 Å². The molecule has 0 aromatic carbocycles. The lowest BCUT2D eigenvalue weighted by Crippen LogP contribution is -2.25. The predicted molar refractivity (Wildman–Crippen MR) is 81.7 cm³/mol. The van der Waals surface area contributed by atoms with Crippen molar-refractivity contribution in [2.24, 2.45) is 7.05 Å². The van der Waals surface area contributed by atoms with Crippen LogP contribution in [0.5, 0.6) is 0 Å². The summed E-state index contributed by atoms with van der Waals surface area (Å²) in [4.78, 5) is 4.73. The Bertz CT molecular complexity index is 613. The van der Waals surface area contributed by atoms with E-state index in [0.29, 0.717) is 5.89 Å². The van der Waals surface area contributed by atoms with Crippen LogP contribution in [0, 0.1) is 0 Å². The fourth-order valence-corrected chi connectivity index (χ4v) is 3.37. The van der Waals surface area contributed by atoms with Crippen LogP contribution in [0.4, 0.5) is 0 Å². The Morgan fingerprint density at radius 2 is 2.18 bits per heavy atom. The number of aryl methyl sites for hydroxylation is 1. The molecule has 1 saturated carbocycles. The Labute approximate surface area is 130 Å². The van der Waals surface area contributed by atoms with E-state index < -0.39 is 0 Å². The monoisotopic (exact) mass is 304 g/mol. The normalized spacial score (nSPS) is 18.7. The van der Waals surface area contributed by atoms with Crippen LogP contribution in [-0.4, -0.2) is 33.6 Å². The van der Waals surface area contributed by atoms with E-state index in [0.717, 1.165) is 37.3 Å². The van der Waals surface area contributed by atoms with Crippen molar-refractivity contribution in [3.8, 4) is 0 Å². The molecule has 1 aliphatic carbocycles. The van der Waals surface area contributed by atoms with E-state index in [4.69, 9.17) is 14.2 Å². The molecule has 0 bridgehead atoms. The molecule has 0 saturated heterocycles. The van der Waals surface area contributed by atoms with Crippen molar-refractivity contribution in [2.45, 2.75) is 50.4 Å². The summed E-state index contributed by atoms with van der Waals surface area (Å²) in [6, 6.07) is 0. The molecule has 0 amide bonds. The minimum Gasteiger partial charge on any atom is -0.385 e. The van der Waals surface area contributed by atoms with Crippen LogP contribution in [-0.2, 0) is 17.2 Å². The van der Waals surface area contributed by atoms with Crippen LogP contribution in [0.3, 0.4) is 0 Å². The number of hydrogen-bond donors (Lipinski definition) is 0. The molecule has 0 aliphatic heterocycles. The molecule has 120 valence electrons. The van der Waals surface area contributed by atoms with Gasteiger partial charge in [0.2, 0.25) is 5.89 Å². The van der Waals surface area contributed by atoms with Crippen molar-refractivity contribution in [2.75, 3.05) is 13.7 Å². The largest absolute Gasteiger partial charge is 0.385 e. The van der Waals surface area contributed by atoms with Gasteiger partial charge in [-0.2, -0.15) is 10.1 Å². The minimum atomic E-state index is 0.0341.